The van der Waals surface area contributed by atoms with Crippen molar-refractivity contribution in [2.45, 2.75) is 51.6 Å². The summed E-state index contributed by atoms with van der Waals surface area (Å²) >= 11 is 0. The number of nitrogens with one attached hydrogen (secondary N) is 1. The van der Waals surface area contributed by atoms with Crippen LogP contribution in [0.3, 0.4) is 0 Å². The molecular formula is C25H36F2N2O3. The summed E-state index contributed by atoms with van der Waals surface area (Å²) in [6.45, 7) is 6.50. The maximum absolute atomic E-state index is 14.5. The fourth-order valence-electron chi connectivity index (χ4n) is 5.86. The molecule has 0 aromatic heterocycles. The van der Waals surface area contributed by atoms with Gasteiger partial charge < -0.3 is 14.8 Å². The predicted octanol–water partition coefficient (Wildman–Crippen LogP) is 3.59. The van der Waals surface area contributed by atoms with E-state index in [0.29, 0.717) is 31.0 Å². The molecule has 1 saturated carbocycles. The molecule has 1 aliphatic carbocycles. The highest BCUT2D eigenvalue weighted by Crippen LogP contribution is 2.63. The van der Waals surface area contributed by atoms with Crippen LogP contribution in [-0.4, -0.2) is 63.2 Å². The van der Waals surface area contributed by atoms with Gasteiger partial charge in [0.15, 0.2) is 5.78 Å². The SMILES string of the molecule is CCC1(C2CCNCC2)CC1CCOc1cc(F)c(CC(=O)CN2CC(OC)C2)c(F)c1. The average molecular weight is 451 g/mol. The van der Waals surface area contributed by atoms with Crippen molar-refractivity contribution in [3.05, 3.63) is 29.3 Å². The van der Waals surface area contributed by atoms with Gasteiger partial charge in [-0.05, 0) is 62.4 Å². The van der Waals surface area contributed by atoms with Crippen molar-refractivity contribution < 1.29 is 23.0 Å². The normalized spacial score (nSPS) is 26.7. The molecule has 3 aliphatic rings. The van der Waals surface area contributed by atoms with Gasteiger partial charge in [0, 0.05) is 44.3 Å². The van der Waals surface area contributed by atoms with E-state index in [1.54, 1.807) is 7.11 Å². The van der Waals surface area contributed by atoms with E-state index in [2.05, 4.69) is 12.2 Å². The number of hydrogen-bond donors (Lipinski definition) is 1. The van der Waals surface area contributed by atoms with E-state index < -0.39 is 11.6 Å². The summed E-state index contributed by atoms with van der Waals surface area (Å²) in [7, 11) is 1.64. The third kappa shape index (κ3) is 5.15. The number of methoxy groups -OCH3 is 1. The molecule has 0 amide bonds. The maximum Gasteiger partial charge on any atom is 0.151 e. The Labute approximate surface area is 189 Å². The quantitative estimate of drug-likeness (QED) is 0.558. The third-order valence-electron chi connectivity index (χ3n) is 7.97. The van der Waals surface area contributed by atoms with E-state index in [9.17, 15) is 13.6 Å². The van der Waals surface area contributed by atoms with Crippen molar-refractivity contribution >= 4 is 5.78 Å². The molecule has 1 aromatic carbocycles. The summed E-state index contributed by atoms with van der Waals surface area (Å²) in [4.78, 5) is 14.1. The fourth-order valence-corrected chi connectivity index (χ4v) is 5.86. The van der Waals surface area contributed by atoms with Crippen LogP contribution in [0.15, 0.2) is 12.1 Å². The van der Waals surface area contributed by atoms with Gasteiger partial charge in [0.05, 0.1) is 19.3 Å². The zero-order valence-corrected chi connectivity index (χ0v) is 19.3. The number of nitrogens with zero attached hydrogens (tertiary/aromatic N) is 1. The Morgan fingerprint density at radius 3 is 2.53 bits per heavy atom. The Balaban J connectivity index is 1.25. The number of carbonyl (C=O) groups is 1. The van der Waals surface area contributed by atoms with Crippen LogP contribution in [0.4, 0.5) is 8.78 Å². The van der Waals surface area contributed by atoms with Crippen LogP contribution in [0.25, 0.3) is 0 Å². The summed E-state index contributed by atoms with van der Waals surface area (Å²) < 4.78 is 40.0. The largest absolute Gasteiger partial charge is 0.493 e. The second-order valence-electron chi connectivity index (χ2n) is 9.78. The standard InChI is InChI=1S/C25H36F2N2O3/c1-3-25(17-4-7-28-8-5-17)13-18(25)6-9-32-20-11-23(26)22(24(27)12-20)10-19(30)14-29-15-21(16-29)31-2/h11-12,17-18,21,28H,3-10,13-16H2,1-2H3. The molecule has 2 aliphatic heterocycles. The number of ketones is 1. The minimum absolute atomic E-state index is 0.144. The van der Waals surface area contributed by atoms with Crippen LogP contribution in [0.5, 0.6) is 5.75 Å². The summed E-state index contributed by atoms with van der Waals surface area (Å²) in [6, 6.07) is 2.42. The van der Waals surface area contributed by atoms with Gasteiger partial charge in [-0.25, -0.2) is 8.78 Å². The Morgan fingerprint density at radius 1 is 1.22 bits per heavy atom. The molecule has 2 saturated heterocycles. The molecule has 7 heteroatoms. The van der Waals surface area contributed by atoms with Crippen molar-refractivity contribution in [2.24, 2.45) is 17.3 Å². The van der Waals surface area contributed by atoms with Crippen molar-refractivity contribution in [2.75, 3.05) is 46.4 Å². The second-order valence-corrected chi connectivity index (χ2v) is 9.78. The molecule has 0 bridgehead atoms. The van der Waals surface area contributed by atoms with Crippen LogP contribution in [0.2, 0.25) is 0 Å². The van der Waals surface area contributed by atoms with Crippen molar-refractivity contribution in [3.8, 4) is 5.75 Å². The van der Waals surface area contributed by atoms with E-state index in [-0.39, 0.29) is 36.2 Å². The number of carbonyl (C=O) groups excluding carboxylic acids is 1. The molecular weight excluding hydrogens is 414 g/mol. The van der Waals surface area contributed by atoms with Crippen molar-refractivity contribution in [1.29, 1.82) is 0 Å². The minimum Gasteiger partial charge on any atom is -0.493 e. The topological polar surface area (TPSA) is 50.8 Å². The number of benzene rings is 1. The third-order valence-corrected chi connectivity index (χ3v) is 7.97. The van der Waals surface area contributed by atoms with Crippen LogP contribution in [0.1, 0.15) is 44.6 Å². The zero-order chi connectivity index (χ0) is 22.7. The smallest absolute Gasteiger partial charge is 0.151 e. The first-order valence-electron chi connectivity index (χ1n) is 12.0. The van der Waals surface area contributed by atoms with E-state index in [0.717, 1.165) is 25.4 Å². The van der Waals surface area contributed by atoms with Crippen LogP contribution < -0.4 is 10.1 Å². The number of hydrogen-bond acceptors (Lipinski definition) is 5. The molecule has 32 heavy (non-hydrogen) atoms. The minimum atomic E-state index is -0.712. The molecule has 1 aromatic rings. The molecule has 0 radical (unpaired) electrons. The van der Waals surface area contributed by atoms with Crippen molar-refractivity contribution in [3.63, 3.8) is 0 Å². The second kappa shape index (κ2) is 10.1. The fraction of sp³-hybridized carbons (Fsp3) is 0.720. The van der Waals surface area contributed by atoms with Crippen LogP contribution >= 0.6 is 0 Å². The van der Waals surface area contributed by atoms with Crippen molar-refractivity contribution in [1.82, 2.24) is 10.2 Å². The van der Waals surface area contributed by atoms with Crippen LogP contribution in [0, 0.1) is 28.9 Å². The summed E-state index contributed by atoms with van der Waals surface area (Å²) in [5, 5.41) is 3.44. The highest BCUT2D eigenvalue weighted by molar-refractivity contribution is 5.83. The lowest BCUT2D eigenvalue weighted by Crippen LogP contribution is -2.53. The zero-order valence-electron chi connectivity index (χ0n) is 19.3. The molecule has 2 heterocycles. The van der Waals surface area contributed by atoms with E-state index in [4.69, 9.17) is 9.47 Å². The maximum atomic E-state index is 14.5. The molecule has 2 atom stereocenters. The van der Waals surface area contributed by atoms with Gasteiger partial charge in [-0.15, -0.1) is 0 Å². The molecule has 2 unspecified atom stereocenters. The van der Waals surface area contributed by atoms with Gasteiger partial charge in [-0.3, -0.25) is 9.69 Å². The van der Waals surface area contributed by atoms with Gasteiger partial charge in [-0.2, -0.15) is 0 Å². The van der Waals surface area contributed by atoms with Crippen LogP contribution in [-0.2, 0) is 16.0 Å². The number of rotatable bonds is 11. The number of halogens is 2. The Morgan fingerprint density at radius 2 is 1.91 bits per heavy atom. The van der Waals surface area contributed by atoms with Gasteiger partial charge in [0.25, 0.3) is 0 Å². The summed E-state index contributed by atoms with van der Waals surface area (Å²) in [5.74, 6) is -0.00454. The average Bonchev–Trinajstić information content (AvgIpc) is 3.48. The predicted molar refractivity (Wildman–Crippen MR) is 119 cm³/mol. The molecule has 1 N–H and O–H groups in total. The summed E-state index contributed by atoms with van der Waals surface area (Å²) in [6.07, 6.45) is 5.73. The molecule has 5 nitrogen and oxygen atoms in total. The lowest BCUT2D eigenvalue weighted by molar-refractivity contribution is -0.123. The number of Topliss-reactive ketones (excluding diaryl/α,β-unsaturated/α-hetero) is 1. The highest BCUT2D eigenvalue weighted by Gasteiger charge is 2.56. The summed E-state index contributed by atoms with van der Waals surface area (Å²) in [5.41, 5.74) is 0.260. The van der Waals surface area contributed by atoms with Gasteiger partial charge >= 0.3 is 0 Å². The molecule has 3 fully saturated rings. The first kappa shape index (κ1) is 23.6. The van der Waals surface area contributed by atoms with E-state index >= 15 is 0 Å². The van der Waals surface area contributed by atoms with E-state index in [1.807, 2.05) is 4.90 Å². The van der Waals surface area contributed by atoms with E-state index in [1.165, 1.54) is 37.8 Å². The number of likely N-dealkylation sites (tertiary alicyclic amines) is 1. The first-order valence-corrected chi connectivity index (χ1v) is 12.0. The van der Waals surface area contributed by atoms with Gasteiger partial charge in [0.1, 0.15) is 17.4 Å². The Hall–Kier alpha value is -1.57. The number of piperidine rings is 1. The molecule has 4 rings (SSSR count). The lowest BCUT2D eigenvalue weighted by atomic mass is 9.78. The highest BCUT2D eigenvalue weighted by atomic mass is 19.1. The Bertz CT molecular complexity index is 785. The Kier molecular flexibility index (Phi) is 7.47. The van der Waals surface area contributed by atoms with Gasteiger partial charge in [0.2, 0.25) is 0 Å². The molecule has 0 spiro atoms. The monoisotopic (exact) mass is 450 g/mol. The lowest BCUT2D eigenvalue weighted by Gasteiger charge is -2.37. The first-order chi connectivity index (χ1) is 15.4. The number of ether oxygens (including phenoxy) is 2. The van der Waals surface area contributed by atoms with Gasteiger partial charge in [-0.1, -0.05) is 6.92 Å². The molecule has 178 valence electrons.